The summed E-state index contributed by atoms with van der Waals surface area (Å²) in [5.74, 6) is 1.58. The van der Waals surface area contributed by atoms with Crippen LogP contribution in [0.5, 0.6) is 6.01 Å². The Morgan fingerprint density at radius 3 is 2.53 bits per heavy atom. The number of imidazole rings is 1. The lowest BCUT2D eigenvalue weighted by Crippen LogP contribution is -2.11. The second-order valence-corrected chi connectivity index (χ2v) is 7.61. The molecule has 0 saturated heterocycles. The number of benzene rings is 1. The van der Waals surface area contributed by atoms with Gasteiger partial charge in [0.15, 0.2) is 5.65 Å². The maximum atomic E-state index is 5.52. The van der Waals surface area contributed by atoms with Crippen LogP contribution in [0.15, 0.2) is 47.3 Å². The fourth-order valence-corrected chi connectivity index (χ4v) is 3.33. The Labute approximate surface area is 189 Å². The van der Waals surface area contributed by atoms with Crippen molar-refractivity contribution in [2.24, 2.45) is 4.99 Å². The summed E-state index contributed by atoms with van der Waals surface area (Å²) < 4.78 is 13.1. The molecule has 8 heteroatoms. The standard InChI is InChI=1S/C24H32N6O2/c1-6-25-14-20(31-5)12-13-22-27-21-15-26-24(32-7-2)28-23(21)30(22)17-19-10-8-18(9-11-19)16-29(3)4/h8-12,14-15H,6-7,13,16-17H2,1-5H3/b20-12+,25-14-. The molecule has 0 fully saturated rings. The van der Waals surface area contributed by atoms with Crippen LogP contribution in [0.1, 0.15) is 30.8 Å². The zero-order valence-corrected chi connectivity index (χ0v) is 19.6. The highest BCUT2D eigenvalue weighted by atomic mass is 16.5. The Kier molecular flexibility index (Phi) is 8.33. The fraction of sp³-hybridized carbons (Fsp3) is 0.417. The molecule has 170 valence electrons. The van der Waals surface area contributed by atoms with E-state index >= 15 is 0 Å². The number of aromatic nitrogens is 4. The van der Waals surface area contributed by atoms with Gasteiger partial charge in [-0.2, -0.15) is 4.98 Å². The van der Waals surface area contributed by atoms with Crippen LogP contribution in [0.25, 0.3) is 11.2 Å². The highest BCUT2D eigenvalue weighted by Crippen LogP contribution is 2.19. The van der Waals surface area contributed by atoms with Gasteiger partial charge in [0.1, 0.15) is 17.1 Å². The highest BCUT2D eigenvalue weighted by Gasteiger charge is 2.14. The van der Waals surface area contributed by atoms with E-state index in [1.807, 2.05) is 19.9 Å². The van der Waals surface area contributed by atoms with E-state index in [0.29, 0.717) is 37.9 Å². The van der Waals surface area contributed by atoms with Crippen molar-refractivity contribution in [1.29, 1.82) is 0 Å². The number of hydrogen-bond donors (Lipinski definition) is 0. The first kappa shape index (κ1) is 23.4. The molecule has 0 unspecified atom stereocenters. The van der Waals surface area contributed by atoms with E-state index in [2.05, 4.69) is 62.8 Å². The quantitative estimate of drug-likeness (QED) is 0.338. The van der Waals surface area contributed by atoms with Gasteiger partial charge in [0.25, 0.3) is 0 Å². The summed E-state index contributed by atoms with van der Waals surface area (Å²) in [6, 6.07) is 9.00. The molecular weight excluding hydrogens is 404 g/mol. The van der Waals surface area contributed by atoms with Gasteiger partial charge in [0.2, 0.25) is 0 Å². The molecule has 0 radical (unpaired) electrons. The molecule has 8 nitrogen and oxygen atoms in total. The first-order valence-corrected chi connectivity index (χ1v) is 10.9. The van der Waals surface area contributed by atoms with Gasteiger partial charge in [-0.3, -0.25) is 4.99 Å². The number of ether oxygens (including phenoxy) is 2. The summed E-state index contributed by atoms with van der Waals surface area (Å²) in [6.07, 6.45) is 6.02. The summed E-state index contributed by atoms with van der Waals surface area (Å²) in [5, 5.41) is 0. The zero-order valence-electron chi connectivity index (χ0n) is 19.6. The Morgan fingerprint density at radius 2 is 1.88 bits per heavy atom. The molecule has 0 bridgehead atoms. The third kappa shape index (κ3) is 6.13. The van der Waals surface area contributed by atoms with E-state index in [9.17, 15) is 0 Å². The van der Waals surface area contributed by atoms with Crippen LogP contribution in [-0.4, -0.2) is 65.0 Å². The highest BCUT2D eigenvalue weighted by molar-refractivity contribution is 5.76. The second-order valence-electron chi connectivity index (χ2n) is 7.61. The first-order valence-electron chi connectivity index (χ1n) is 10.9. The SMILES string of the molecule is CC/N=C\C(=C/Cc1nc2cnc(OCC)nc2n1Cc1ccc(CN(C)C)cc1)OC. The minimum atomic E-state index is 0.359. The third-order valence-corrected chi connectivity index (χ3v) is 4.80. The van der Waals surface area contributed by atoms with Crippen molar-refractivity contribution in [2.75, 3.05) is 34.4 Å². The smallest absolute Gasteiger partial charge is 0.318 e. The van der Waals surface area contributed by atoms with Gasteiger partial charge in [-0.25, -0.2) is 9.97 Å². The summed E-state index contributed by atoms with van der Waals surface area (Å²) in [7, 11) is 5.78. The second kappa shape index (κ2) is 11.4. The minimum Gasteiger partial charge on any atom is -0.495 e. The molecule has 32 heavy (non-hydrogen) atoms. The lowest BCUT2D eigenvalue weighted by molar-refractivity contribution is 0.313. The number of nitrogens with zero attached hydrogens (tertiary/aromatic N) is 6. The number of rotatable bonds is 11. The molecule has 0 N–H and O–H groups in total. The van der Waals surface area contributed by atoms with Crippen molar-refractivity contribution in [2.45, 2.75) is 33.4 Å². The average Bonchev–Trinajstić information content (AvgIpc) is 3.12. The maximum Gasteiger partial charge on any atom is 0.318 e. The summed E-state index contributed by atoms with van der Waals surface area (Å²) in [5.41, 5.74) is 3.94. The first-order chi connectivity index (χ1) is 15.5. The van der Waals surface area contributed by atoms with Gasteiger partial charge in [-0.1, -0.05) is 24.3 Å². The lowest BCUT2D eigenvalue weighted by atomic mass is 10.1. The summed E-state index contributed by atoms with van der Waals surface area (Å²) in [4.78, 5) is 20.1. The van der Waals surface area contributed by atoms with Crippen molar-refractivity contribution < 1.29 is 9.47 Å². The van der Waals surface area contributed by atoms with Crippen molar-refractivity contribution in [3.63, 3.8) is 0 Å². The topological polar surface area (TPSA) is 77.7 Å². The van der Waals surface area contributed by atoms with Gasteiger partial charge in [-0.05, 0) is 45.1 Å². The normalized spacial score (nSPS) is 12.2. The Balaban J connectivity index is 1.96. The van der Waals surface area contributed by atoms with E-state index in [1.54, 1.807) is 19.5 Å². The van der Waals surface area contributed by atoms with E-state index in [0.717, 1.165) is 23.5 Å². The molecule has 2 aromatic heterocycles. The number of allylic oxidation sites excluding steroid dienone is 2. The van der Waals surface area contributed by atoms with Crippen molar-refractivity contribution in [1.82, 2.24) is 24.4 Å². The molecule has 0 saturated carbocycles. The molecule has 0 aliphatic rings. The van der Waals surface area contributed by atoms with Crippen LogP contribution in [0, 0.1) is 0 Å². The predicted octanol–water partition coefficient (Wildman–Crippen LogP) is 3.50. The number of hydrogen-bond acceptors (Lipinski definition) is 7. The molecule has 0 aliphatic carbocycles. The zero-order chi connectivity index (χ0) is 22.9. The Morgan fingerprint density at radius 1 is 1.12 bits per heavy atom. The van der Waals surface area contributed by atoms with Crippen molar-refractivity contribution >= 4 is 17.4 Å². The Bertz CT molecular complexity index is 1070. The molecule has 1 aromatic carbocycles. The Hall–Kier alpha value is -3.26. The van der Waals surface area contributed by atoms with E-state index in [4.69, 9.17) is 14.5 Å². The van der Waals surface area contributed by atoms with E-state index in [1.165, 1.54) is 11.1 Å². The molecular formula is C24H32N6O2. The van der Waals surface area contributed by atoms with Gasteiger partial charge >= 0.3 is 6.01 Å². The van der Waals surface area contributed by atoms with E-state index in [-0.39, 0.29) is 0 Å². The number of methoxy groups -OCH3 is 1. The average molecular weight is 437 g/mol. The van der Waals surface area contributed by atoms with Crippen LogP contribution in [-0.2, 0) is 24.2 Å². The molecule has 0 amide bonds. The molecule has 0 aliphatic heterocycles. The largest absolute Gasteiger partial charge is 0.495 e. The van der Waals surface area contributed by atoms with Gasteiger partial charge in [0.05, 0.1) is 32.7 Å². The van der Waals surface area contributed by atoms with Crippen LogP contribution < -0.4 is 4.74 Å². The van der Waals surface area contributed by atoms with Crippen LogP contribution in [0.4, 0.5) is 0 Å². The lowest BCUT2D eigenvalue weighted by Gasteiger charge is -2.12. The van der Waals surface area contributed by atoms with Crippen molar-refractivity contribution in [3.05, 3.63) is 59.2 Å². The van der Waals surface area contributed by atoms with Gasteiger partial charge in [-0.15, -0.1) is 0 Å². The summed E-state index contributed by atoms with van der Waals surface area (Å²) in [6.45, 7) is 6.68. The molecule has 3 aromatic rings. The van der Waals surface area contributed by atoms with Crippen molar-refractivity contribution in [3.8, 4) is 6.01 Å². The number of aliphatic imine (C=N–C) groups is 1. The molecule has 2 heterocycles. The fourth-order valence-electron chi connectivity index (χ4n) is 3.33. The van der Waals surface area contributed by atoms with Gasteiger partial charge < -0.3 is 18.9 Å². The van der Waals surface area contributed by atoms with Gasteiger partial charge in [0, 0.05) is 19.5 Å². The maximum absolute atomic E-state index is 5.52. The molecule has 0 atom stereocenters. The van der Waals surface area contributed by atoms with Crippen LogP contribution in [0.2, 0.25) is 0 Å². The number of fused-ring (bicyclic) bond motifs is 1. The third-order valence-electron chi connectivity index (χ3n) is 4.80. The van der Waals surface area contributed by atoms with Crippen LogP contribution in [0.3, 0.4) is 0 Å². The molecule has 3 rings (SSSR count). The van der Waals surface area contributed by atoms with E-state index < -0.39 is 0 Å². The van der Waals surface area contributed by atoms with Crippen LogP contribution >= 0.6 is 0 Å². The monoisotopic (exact) mass is 436 g/mol. The summed E-state index contributed by atoms with van der Waals surface area (Å²) >= 11 is 0. The molecule has 0 spiro atoms. The minimum absolute atomic E-state index is 0.359. The predicted molar refractivity (Wildman–Crippen MR) is 127 cm³/mol.